The van der Waals surface area contributed by atoms with E-state index >= 15 is 0 Å². The van der Waals surface area contributed by atoms with Crippen LogP contribution in [0.15, 0.2) is 21.9 Å². The summed E-state index contributed by atoms with van der Waals surface area (Å²) in [6.45, 7) is 2.90. The van der Waals surface area contributed by atoms with Gasteiger partial charge in [0.1, 0.15) is 11.2 Å². The molecule has 3 heterocycles. The third-order valence-electron chi connectivity index (χ3n) is 2.80. The van der Waals surface area contributed by atoms with Crippen LogP contribution in [0.5, 0.6) is 0 Å². The minimum atomic E-state index is -0.142. The molecule has 0 N–H and O–H groups in total. The number of pyridine rings is 1. The highest BCUT2D eigenvalue weighted by Gasteiger charge is 2.17. The van der Waals surface area contributed by atoms with E-state index < -0.39 is 0 Å². The maximum Gasteiger partial charge on any atom is 0.270 e. The number of aromatic nitrogens is 3. The second kappa shape index (κ2) is 2.56. The Morgan fingerprint density at radius 2 is 2.00 bits per heavy atom. The van der Waals surface area contributed by atoms with Gasteiger partial charge >= 0.3 is 0 Å². The SMILES string of the molecule is Cc1cc2ncc(=O)n3c2n(c1=O)CC3. The van der Waals surface area contributed by atoms with Crippen molar-refractivity contribution in [3.8, 4) is 0 Å². The van der Waals surface area contributed by atoms with Crippen LogP contribution in [-0.4, -0.2) is 14.1 Å². The van der Waals surface area contributed by atoms with E-state index in [1.807, 2.05) is 0 Å². The van der Waals surface area contributed by atoms with Gasteiger partial charge in [-0.25, -0.2) is 4.98 Å². The predicted molar refractivity (Wildman–Crippen MR) is 55.0 cm³/mol. The number of rotatable bonds is 0. The molecule has 15 heavy (non-hydrogen) atoms. The molecular formula is C10H9N3O2. The second-order valence-electron chi connectivity index (χ2n) is 3.74. The molecular weight excluding hydrogens is 194 g/mol. The van der Waals surface area contributed by atoms with Crippen LogP contribution in [0.25, 0.3) is 11.2 Å². The van der Waals surface area contributed by atoms with Crippen LogP contribution in [0, 0.1) is 6.92 Å². The van der Waals surface area contributed by atoms with Gasteiger partial charge in [-0.3, -0.25) is 18.7 Å². The number of hydrogen-bond donors (Lipinski definition) is 0. The summed E-state index contributed by atoms with van der Waals surface area (Å²) in [5.41, 5.74) is 1.86. The smallest absolute Gasteiger partial charge is 0.270 e. The van der Waals surface area contributed by atoms with Crippen molar-refractivity contribution in [2.45, 2.75) is 20.0 Å². The van der Waals surface area contributed by atoms with E-state index in [4.69, 9.17) is 0 Å². The zero-order valence-electron chi connectivity index (χ0n) is 8.23. The van der Waals surface area contributed by atoms with Crippen molar-refractivity contribution < 1.29 is 0 Å². The van der Waals surface area contributed by atoms with E-state index in [-0.39, 0.29) is 11.1 Å². The van der Waals surface area contributed by atoms with Crippen LogP contribution < -0.4 is 11.1 Å². The van der Waals surface area contributed by atoms with Crippen molar-refractivity contribution in [1.29, 1.82) is 0 Å². The van der Waals surface area contributed by atoms with E-state index in [1.54, 1.807) is 22.1 Å². The average molecular weight is 203 g/mol. The molecule has 0 radical (unpaired) electrons. The van der Waals surface area contributed by atoms with Gasteiger partial charge in [-0.05, 0) is 13.0 Å². The molecule has 2 aromatic rings. The summed E-state index contributed by atoms with van der Waals surface area (Å²) in [4.78, 5) is 27.3. The molecule has 1 aliphatic rings. The Balaban J connectivity index is 2.67. The Morgan fingerprint density at radius 1 is 1.27 bits per heavy atom. The standard InChI is InChI=1S/C10H9N3O2/c1-6-4-7-9-12(8(14)5-11-7)2-3-13(9)10(6)15/h4-5H,2-3H2,1H3. The molecule has 3 rings (SSSR count). The van der Waals surface area contributed by atoms with Gasteiger partial charge in [-0.1, -0.05) is 0 Å². The Hall–Kier alpha value is -1.91. The fraction of sp³-hybridized carbons (Fsp3) is 0.300. The zero-order chi connectivity index (χ0) is 10.6. The molecule has 0 aliphatic carbocycles. The molecule has 76 valence electrons. The maximum absolute atomic E-state index is 11.8. The molecule has 0 unspecified atom stereocenters. The van der Waals surface area contributed by atoms with Crippen LogP contribution in [-0.2, 0) is 13.1 Å². The van der Waals surface area contributed by atoms with Crippen molar-refractivity contribution in [1.82, 2.24) is 14.1 Å². The van der Waals surface area contributed by atoms with Gasteiger partial charge in [0.2, 0.25) is 0 Å². The van der Waals surface area contributed by atoms with E-state index in [2.05, 4.69) is 4.98 Å². The lowest BCUT2D eigenvalue weighted by Crippen LogP contribution is -2.22. The summed E-state index contributed by atoms with van der Waals surface area (Å²) in [5.74, 6) is 0. The van der Waals surface area contributed by atoms with Crippen molar-refractivity contribution in [3.05, 3.63) is 38.5 Å². The van der Waals surface area contributed by atoms with Crippen LogP contribution in [0.1, 0.15) is 5.56 Å². The normalized spacial score (nSPS) is 13.7. The van der Waals surface area contributed by atoms with Gasteiger partial charge in [-0.2, -0.15) is 0 Å². The molecule has 5 nitrogen and oxygen atoms in total. The third kappa shape index (κ3) is 0.945. The van der Waals surface area contributed by atoms with Crippen LogP contribution in [0.4, 0.5) is 0 Å². The largest absolute Gasteiger partial charge is 0.291 e. The number of aryl methyl sites for hydroxylation is 3. The molecule has 0 saturated carbocycles. The van der Waals surface area contributed by atoms with E-state index in [1.165, 1.54) is 6.20 Å². The highest BCUT2D eigenvalue weighted by molar-refractivity contribution is 5.72. The lowest BCUT2D eigenvalue weighted by molar-refractivity contribution is 0.659. The van der Waals surface area contributed by atoms with Gasteiger partial charge in [0, 0.05) is 18.7 Å². The molecule has 2 aromatic heterocycles. The number of nitrogens with zero attached hydrogens (tertiary/aromatic N) is 3. The average Bonchev–Trinajstić information content (AvgIpc) is 2.65. The second-order valence-corrected chi connectivity index (χ2v) is 3.74. The highest BCUT2D eigenvalue weighted by Crippen LogP contribution is 2.13. The lowest BCUT2D eigenvalue weighted by atomic mass is 10.3. The van der Waals surface area contributed by atoms with Gasteiger partial charge in [0.25, 0.3) is 11.1 Å². The maximum atomic E-state index is 11.8. The first-order chi connectivity index (χ1) is 7.18. The summed E-state index contributed by atoms with van der Waals surface area (Å²) in [6.07, 6.45) is 1.31. The minimum Gasteiger partial charge on any atom is -0.291 e. The molecule has 0 aromatic carbocycles. The quantitative estimate of drug-likeness (QED) is 0.599. The van der Waals surface area contributed by atoms with Crippen molar-refractivity contribution in [3.63, 3.8) is 0 Å². The molecule has 0 spiro atoms. The monoisotopic (exact) mass is 203 g/mol. The Kier molecular flexibility index (Phi) is 1.44. The number of hydrogen-bond acceptors (Lipinski definition) is 3. The van der Waals surface area contributed by atoms with Gasteiger partial charge in [-0.15, -0.1) is 0 Å². The first kappa shape index (κ1) is 8.40. The van der Waals surface area contributed by atoms with E-state index in [0.29, 0.717) is 29.8 Å². The minimum absolute atomic E-state index is 0.0267. The lowest BCUT2D eigenvalue weighted by Gasteiger charge is -2.03. The summed E-state index contributed by atoms with van der Waals surface area (Å²) in [6, 6.07) is 1.73. The molecule has 5 heteroatoms. The van der Waals surface area contributed by atoms with Crippen LogP contribution >= 0.6 is 0 Å². The third-order valence-corrected chi connectivity index (χ3v) is 2.80. The molecule has 1 aliphatic heterocycles. The molecule has 0 saturated heterocycles. The first-order valence-corrected chi connectivity index (χ1v) is 4.78. The summed E-state index contributed by atoms with van der Waals surface area (Å²) >= 11 is 0. The van der Waals surface area contributed by atoms with Crippen molar-refractivity contribution >= 4 is 11.2 Å². The predicted octanol–water partition coefficient (Wildman–Crippen LogP) is -0.120. The van der Waals surface area contributed by atoms with E-state index in [0.717, 1.165) is 0 Å². The molecule has 0 atom stereocenters. The Bertz CT molecular complexity index is 681. The molecule has 0 fully saturated rings. The van der Waals surface area contributed by atoms with Gasteiger partial charge in [0.15, 0.2) is 0 Å². The summed E-state index contributed by atoms with van der Waals surface area (Å²) in [7, 11) is 0. The fourth-order valence-electron chi connectivity index (χ4n) is 2.08. The molecule has 0 amide bonds. The Labute approximate surface area is 84.6 Å². The van der Waals surface area contributed by atoms with Crippen LogP contribution in [0.3, 0.4) is 0 Å². The van der Waals surface area contributed by atoms with E-state index in [9.17, 15) is 9.59 Å². The van der Waals surface area contributed by atoms with Crippen LogP contribution in [0.2, 0.25) is 0 Å². The topological polar surface area (TPSA) is 56.9 Å². The van der Waals surface area contributed by atoms with Gasteiger partial charge in [0.05, 0.1) is 6.20 Å². The highest BCUT2D eigenvalue weighted by atomic mass is 16.1. The van der Waals surface area contributed by atoms with Crippen molar-refractivity contribution in [2.24, 2.45) is 0 Å². The fourth-order valence-corrected chi connectivity index (χ4v) is 2.08. The summed E-state index contributed by atoms with van der Waals surface area (Å²) < 4.78 is 3.22. The Morgan fingerprint density at radius 3 is 2.80 bits per heavy atom. The first-order valence-electron chi connectivity index (χ1n) is 4.78. The zero-order valence-corrected chi connectivity index (χ0v) is 8.23. The van der Waals surface area contributed by atoms with Gasteiger partial charge < -0.3 is 0 Å². The summed E-state index contributed by atoms with van der Waals surface area (Å²) in [5, 5.41) is 0. The van der Waals surface area contributed by atoms with Crippen molar-refractivity contribution in [2.75, 3.05) is 0 Å². The molecule has 0 bridgehead atoms.